The van der Waals surface area contributed by atoms with Gasteiger partial charge in [-0.15, -0.1) is 0 Å². The number of Topliss-reactive ketones (excluding diaryl/α,β-unsaturated/α-hetero) is 1. The summed E-state index contributed by atoms with van der Waals surface area (Å²) in [6.07, 6.45) is 0. The van der Waals surface area contributed by atoms with Crippen molar-refractivity contribution in [3.63, 3.8) is 0 Å². The highest BCUT2D eigenvalue weighted by molar-refractivity contribution is 6.42. The average molecular weight is 474 g/mol. The lowest BCUT2D eigenvalue weighted by Gasteiger charge is -2.07. The zero-order valence-electron chi connectivity index (χ0n) is 16.1. The van der Waals surface area contributed by atoms with Gasteiger partial charge < -0.3 is 9.47 Å². The fourth-order valence-corrected chi connectivity index (χ4v) is 2.89. The van der Waals surface area contributed by atoms with Crippen LogP contribution in [0.5, 0.6) is 5.75 Å². The molecule has 0 aromatic heterocycles. The molecule has 0 saturated carbocycles. The average Bonchev–Trinajstić information content (AvgIpc) is 2.79. The molecule has 3 rings (SSSR count). The molecule has 0 saturated heterocycles. The summed E-state index contributed by atoms with van der Waals surface area (Å²) in [6, 6.07) is 15.1. The van der Waals surface area contributed by atoms with E-state index in [1.807, 2.05) is 0 Å². The van der Waals surface area contributed by atoms with E-state index in [1.165, 1.54) is 60.7 Å². The smallest absolute Gasteiger partial charge is 0.345 e. The topological polar surface area (TPSA) is 113 Å². The third-order valence-electron chi connectivity index (χ3n) is 4.20. The number of nitrogens with zero attached hydrogens (tertiary/aromatic N) is 1. The molecular formula is C22H13Cl2NO7. The Morgan fingerprint density at radius 1 is 0.844 bits per heavy atom. The van der Waals surface area contributed by atoms with Gasteiger partial charge in [-0.3, -0.25) is 14.9 Å². The van der Waals surface area contributed by atoms with Gasteiger partial charge in [0.05, 0.1) is 20.5 Å². The van der Waals surface area contributed by atoms with Crippen molar-refractivity contribution >= 4 is 46.6 Å². The molecule has 0 heterocycles. The predicted molar refractivity (Wildman–Crippen MR) is 116 cm³/mol. The van der Waals surface area contributed by atoms with E-state index in [-0.39, 0.29) is 27.5 Å². The number of esters is 2. The van der Waals surface area contributed by atoms with Crippen LogP contribution >= 0.6 is 23.2 Å². The maximum atomic E-state index is 12.3. The summed E-state index contributed by atoms with van der Waals surface area (Å²) in [6.45, 7) is -0.618. The molecule has 0 aliphatic rings. The molecule has 0 N–H and O–H groups in total. The summed E-state index contributed by atoms with van der Waals surface area (Å²) in [5.74, 6) is -2.02. The molecule has 0 fully saturated rings. The number of rotatable bonds is 7. The van der Waals surface area contributed by atoms with Gasteiger partial charge in [0.15, 0.2) is 12.4 Å². The summed E-state index contributed by atoms with van der Waals surface area (Å²) in [5, 5.41) is 11.5. The van der Waals surface area contributed by atoms with Gasteiger partial charge in [0.2, 0.25) is 0 Å². The van der Waals surface area contributed by atoms with E-state index in [2.05, 4.69) is 0 Å². The monoisotopic (exact) mass is 473 g/mol. The number of ketones is 1. The summed E-state index contributed by atoms with van der Waals surface area (Å²) in [5.41, 5.74) is -0.288. The van der Waals surface area contributed by atoms with Gasteiger partial charge >= 0.3 is 11.9 Å². The van der Waals surface area contributed by atoms with Crippen molar-refractivity contribution in [3.05, 3.63) is 104 Å². The fourth-order valence-electron chi connectivity index (χ4n) is 2.60. The van der Waals surface area contributed by atoms with Crippen molar-refractivity contribution in [2.45, 2.75) is 0 Å². The zero-order chi connectivity index (χ0) is 23.3. The number of para-hydroxylation sites is 1. The number of hydrogen-bond donors (Lipinski definition) is 0. The first-order valence-electron chi connectivity index (χ1n) is 8.97. The highest BCUT2D eigenvalue weighted by Crippen LogP contribution is 2.24. The van der Waals surface area contributed by atoms with E-state index < -0.39 is 34.9 Å². The van der Waals surface area contributed by atoms with E-state index in [0.717, 1.165) is 6.07 Å². The summed E-state index contributed by atoms with van der Waals surface area (Å²) < 4.78 is 10.1. The van der Waals surface area contributed by atoms with Crippen LogP contribution in [0.1, 0.15) is 31.1 Å². The molecule has 0 aliphatic carbocycles. The first-order chi connectivity index (χ1) is 15.3. The fraction of sp³-hybridized carbons (Fsp3) is 0.0455. The maximum Gasteiger partial charge on any atom is 0.345 e. The first-order valence-corrected chi connectivity index (χ1v) is 9.73. The lowest BCUT2D eigenvalue weighted by molar-refractivity contribution is -0.385. The highest BCUT2D eigenvalue weighted by Gasteiger charge is 2.21. The van der Waals surface area contributed by atoms with Gasteiger partial charge in [-0.05, 0) is 48.5 Å². The summed E-state index contributed by atoms with van der Waals surface area (Å²) in [7, 11) is 0. The Morgan fingerprint density at radius 3 is 2.16 bits per heavy atom. The molecule has 0 bridgehead atoms. The van der Waals surface area contributed by atoms with Crippen molar-refractivity contribution in [1.29, 1.82) is 0 Å². The molecule has 162 valence electrons. The third kappa shape index (κ3) is 5.48. The molecule has 8 nitrogen and oxygen atoms in total. The van der Waals surface area contributed by atoms with Gasteiger partial charge in [-0.2, -0.15) is 0 Å². The Bertz CT molecular complexity index is 1210. The normalized spacial score (nSPS) is 10.3. The number of nitro groups is 1. The molecule has 0 amide bonds. The van der Waals surface area contributed by atoms with E-state index in [4.69, 9.17) is 32.7 Å². The molecule has 0 aliphatic heterocycles. The van der Waals surface area contributed by atoms with Gasteiger partial charge in [-0.25, -0.2) is 9.59 Å². The third-order valence-corrected chi connectivity index (χ3v) is 4.94. The number of benzene rings is 3. The lowest BCUT2D eigenvalue weighted by Crippen LogP contribution is -2.15. The minimum atomic E-state index is -0.988. The zero-order valence-corrected chi connectivity index (χ0v) is 17.6. The second-order valence-electron chi connectivity index (χ2n) is 6.32. The lowest BCUT2D eigenvalue weighted by atomic mass is 10.1. The summed E-state index contributed by atoms with van der Waals surface area (Å²) in [4.78, 5) is 46.9. The predicted octanol–water partition coefficient (Wildman–Crippen LogP) is 5.16. The van der Waals surface area contributed by atoms with Crippen LogP contribution in [0.3, 0.4) is 0 Å². The van der Waals surface area contributed by atoms with Gasteiger partial charge in [0, 0.05) is 11.6 Å². The molecule has 0 radical (unpaired) electrons. The largest absolute Gasteiger partial charge is 0.454 e. The molecular weight excluding hydrogens is 461 g/mol. The van der Waals surface area contributed by atoms with Crippen LogP contribution in [-0.2, 0) is 4.74 Å². The van der Waals surface area contributed by atoms with Crippen LogP contribution < -0.4 is 4.74 Å². The van der Waals surface area contributed by atoms with E-state index >= 15 is 0 Å². The second-order valence-corrected chi connectivity index (χ2v) is 7.13. The van der Waals surface area contributed by atoms with Crippen LogP contribution in [0.4, 0.5) is 5.69 Å². The maximum absolute atomic E-state index is 12.3. The van der Waals surface area contributed by atoms with Crippen molar-refractivity contribution in [2.24, 2.45) is 0 Å². The minimum Gasteiger partial charge on any atom is -0.454 e. The standard InChI is InChI=1S/C22H13Cl2NO7/c23-17-10-7-14(11-18(17)24)21(27)32-15-8-5-13(6-9-15)20(26)12-31-22(28)16-3-1-2-4-19(16)25(29)30/h1-11H,12H2. The number of halogens is 2. The first kappa shape index (κ1) is 22.9. The molecule has 32 heavy (non-hydrogen) atoms. The second kappa shape index (κ2) is 10.0. The van der Waals surface area contributed by atoms with Gasteiger partial charge in [-0.1, -0.05) is 35.3 Å². The highest BCUT2D eigenvalue weighted by atomic mass is 35.5. The number of ether oxygens (including phenoxy) is 2. The molecule has 10 heteroatoms. The minimum absolute atomic E-state index is 0.175. The number of carbonyl (C=O) groups excluding carboxylic acids is 3. The number of nitro benzene ring substituents is 1. The number of carbonyl (C=O) groups is 3. The Morgan fingerprint density at radius 2 is 1.50 bits per heavy atom. The van der Waals surface area contributed by atoms with E-state index in [1.54, 1.807) is 0 Å². The Labute approximate surface area is 191 Å². The van der Waals surface area contributed by atoms with Gasteiger partial charge in [0.1, 0.15) is 11.3 Å². The Balaban J connectivity index is 1.60. The number of hydrogen-bond acceptors (Lipinski definition) is 7. The van der Waals surface area contributed by atoms with Crippen LogP contribution in [0, 0.1) is 10.1 Å². The SMILES string of the molecule is O=C(COC(=O)c1ccccc1[N+](=O)[O-])c1ccc(OC(=O)c2ccc(Cl)c(Cl)c2)cc1. The molecule has 0 spiro atoms. The van der Waals surface area contributed by atoms with Crippen LogP contribution in [0.15, 0.2) is 66.7 Å². The van der Waals surface area contributed by atoms with Crippen LogP contribution in [0.25, 0.3) is 0 Å². The molecule has 3 aromatic rings. The van der Waals surface area contributed by atoms with Crippen molar-refractivity contribution < 1.29 is 28.8 Å². The quantitative estimate of drug-likeness (QED) is 0.153. The van der Waals surface area contributed by atoms with Crippen molar-refractivity contribution in [2.75, 3.05) is 6.61 Å². The van der Waals surface area contributed by atoms with Gasteiger partial charge in [0.25, 0.3) is 5.69 Å². The summed E-state index contributed by atoms with van der Waals surface area (Å²) >= 11 is 11.7. The Kier molecular flexibility index (Phi) is 7.19. The van der Waals surface area contributed by atoms with E-state index in [9.17, 15) is 24.5 Å². The van der Waals surface area contributed by atoms with Crippen LogP contribution in [0.2, 0.25) is 10.0 Å². The molecule has 0 atom stereocenters. The van der Waals surface area contributed by atoms with Crippen molar-refractivity contribution in [1.82, 2.24) is 0 Å². The van der Waals surface area contributed by atoms with Crippen LogP contribution in [-0.4, -0.2) is 29.3 Å². The van der Waals surface area contributed by atoms with E-state index in [0.29, 0.717) is 5.02 Å². The molecule has 3 aromatic carbocycles. The van der Waals surface area contributed by atoms with Crippen molar-refractivity contribution in [3.8, 4) is 5.75 Å². The molecule has 0 unspecified atom stereocenters. The Hall–Kier alpha value is -3.75.